The number of rotatable bonds is 5. The van der Waals surface area contributed by atoms with Crippen molar-refractivity contribution in [2.24, 2.45) is 5.84 Å². The zero-order valence-corrected chi connectivity index (χ0v) is 13.6. The van der Waals surface area contributed by atoms with E-state index in [1.807, 2.05) is 24.6 Å². The highest BCUT2D eigenvalue weighted by molar-refractivity contribution is 9.10. The fraction of sp³-hybridized carbons (Fsp3) is 0.429. The minimum Gasteiger partial charge on any atom is -0.271 e. The number of nitrogens with zero attached hydrogens (tertiary/aromatic N) is 3. The summed E-state index contributed by atoms with van der Waals surface area (Å²) < 4.78 is 3.07. The fourth-order valence-corrected chi connectivity index (χ4v) is 2.83. The van der Waals surface area contributed by atoms with Crippen LogP contribution in [0.2, 0.25) is 0 Å². The van der Waals surface area contributed by atoms with Gasteiger partial charge in [-0.25, -0.2) is 0 Å². The topological polar surface area (TPSA) is 68.8 Å². The summed E-state index contributed by atoms with van der Waals surface area (Å²) in [4.78, 5) is 4.33. The molecule has 2 rings (SSSR count). The number of nitrogens with two attached hydrogens (primary N) is 1. The van der Waals surface area contributed by atoms with Crippen LogP contribution in [0.25, 0.3) is 0 Å². The van der Waals surface area contributed by atoms with Crippen LogP contribution in [0.5, 0.6) is 0 Å². The van der Waals surface area contributed by atoms with Gasteiger partial charge in [-0.2, -0.15) is 5.10 Å². The Kier molecular flexibility index (Phi) is 4.91. The van der Waals surface area contributed by atoms with Crippen molar-refractivity contribution >= 4 is 15.9 Å². The summed E-state index contributed by atoms with van der Waals surface area (Å²) in [6, 6.07) is 4.01. The molecule has 1 unspecified atom stereocenters. The van der Waals surface area contributed by atoms with Crippen molar-refractivity contribution in [3.8, 4) is 0 Å². The Bertz CT molecular complexity index is 593. The molecule has 2 aromatic rings. The van der Waals surface area contributed by atoms with E-state index in [1.165, 1.54) is 0 Å². The summed E-state index contributed by atoms with van der Waals surface area (Å²) in [5, 5.41) is 4.52. The number of hydrogen-bond donors (Lipinski definition) is 2. The average Bonchev–Trinajstić information content (AvgIpc) is 2.73. The molecule has 0 aromatic carbocycles. The first-order valence-corrected chi connectivity index (χ1v) is 7.47. The molecule has 0 amide bonds. The van der Waals surface area contributed by atoms with Gasteiger partial charge in [0.1, 0.15) is 0 Å². The average molecular weight is 338 g/mol. The first kappa shape index (κ1) is 15.2. The van der Waals surface area contributed by atoms with Gasteiger partial charge in [0.2, 0.25) is 0 Å². The number of hydrogen-bond acceptors (Lipinski definition) is 4. The predicted octanol–water partition coefficient (Wildman–Crippen LogP) is 2.42. The third kappa shape index (κ3) is 2.92. The van der Waals surface area contributed by atoms with Gasteiger partial charge in [0.25, 0.3) is 0 Å². The molecule has 0 spiro atoms. The molecule has 0 saturated carbocycles. The molecular formula is C14H20BrN5. The number of pyridine rings is 1. The van der Waals surface area contributed by atoms with Gasteiger partial charge in [-0.15, -0.1) is 0 Å². The zero-order valence-electron chi connectivity index (χ0n) is 12.0. The molecule has 5 nitrogen and oxygen atoms in total. The van der Waals surface area contributed by atoms with E-state index in [4.69, 9.17) is 5.84 Å². The standard InChI is InChI=1S/C14H20BrN5/c1-4-20-13(14(15)10(3)19-20)8-12(18-16)11-6-5-7-17-9(11)2/h5-7,12,18H,4,8,16H2,1-3H3. The Hall–Kier alpha value is -1.24. The lowest BCUT2D eigenvalue weighted by atomic mass is 10.0. The summed E-state index contributed by atoms with van der Waals surface area (Å²) in [7, 11) is 0. The Morgan fingerprint density at radius 2 is 2.15 bits per heavy atom. The molecule has 3 N–H and O–H groups in total. The van der Waals surface area contributed by atoms with E-state index in [0.717, 1.165) is 40.1 Å². The highest BCUT2D eigenvalue weighted by Gasteiger charge is 2.19. The van der Waals surface area contributed by atoms with Gasteiger partial charge in [0.15, 0.2) is 0 Å². The Morgan fingerprint density at radius 3 is 2.75 bits per heavy atom. The molecule has 0 radical (unpaired) electrons. The van der Waals surface area contributed by atoms with E-state index in [-0.39, 0.29) is 6.04 Å². The zero-order chi connectivity index (χ0) is 14.7. The molecule has 6 heteroatoms. The monoisotopic (exact) mass is 337 g/mol. The van der Waals surface area contributed by atoms with Gasteiger partial charge < -0.3 is 0 Å². The lowest BCUT2D eigenvalue weighted by molar-refractivity contribution is 0.512. The molecule has 0 fully saturated rings. The first-order chi connectivity index (χ1) is 9.58. The van der Waals surface area contributed by atoms with Gasteiger partial charge in [-0.1, -0.05) is 6.07 Å². The van der Waals surface area contributed by atoms with E-state index < -0.39 is 0 Å². The second-order valence-electron chi connectivity index (χ2n) is 4.76. The van der Waals surface area contributed by atoms with Crippen LogP contribution in [0, 0.1) is 13.8 Å². The molecule has 2 aromatic heterocycles. The molecule has 0 saturated heterocycles. The smallest absolute Gasteiger partial charge is 0.0738 e. The number of aromatic nitrogens is 3. The van der Waals surface area contributed by atoms with Crippen molar-refractivity contribution in [1.82, 2.24) is 20.2 Å². The van der Waals surface area contributed by atoms with Gasteiger partial charge in [-0.05, 0) is 48.3 Å². The van der Waals surface area contributed by atoms with Gasteiger partial charge in [0, 0.05) is 24.9 Å². The summed E-state index contributed by atoms with van der Waals surface area (Å²) >= 11 is 3.62. The molecule has 0 aliphatic carbocycles. The highest BCUT2D eigenvalue weighted by Crippen LogP contribution is 2.27. The summed E-state index contributed by atoms with van der Waals surface area (Å²) in [5.41, 5.74) is 7.15. The van der Waals surface area contributed by atoms with Crippen molar-refractivity contribution in [1.29, 1.82) is 0 Å². The van der Waals surface area contributed by atoms with E-state index in [0.29, 0.717) is 0 Å². The van der Waals surface area contributed by atoms with Crippen molar-refractivity contribution in [3.63, 3.8) is 0 Å². The van der Waals surface area contributed by atoms with E-state index in [2.05, 4.69) is 44.4 Å². The lowest BCUT2D eigenvalue weighted by Gasteiger charge is -2.18. The number of halogens is 1. The van der Waals surface area contributed by atoms with Crippen molar-refractivity contribution in [2.75, 3.05) is 0 Å². The minimum absolute atomic E-state index is 0.0152. The number of nitrogens with one attached hydrogen (secondary N) is 1. The van der Waals surface area contributed by atoms with Gasteiger partial charge in [-0.3, -0.25) is 20.9 Å². The number of hydrazine groups is 1. The first-order valence-electron chi connectivity index (χ1n) is 6.67. The van der Waals surface area contributed by atoms with E-state index in [1.54, 1.807) is 6.20 Å². The Labute approximate surface area is 127 Å². The van der Waals surface area contributed by atoms with Crippen LogP contribution in [0.3, 0.4) is 0 Å². The molecule has 0 aliphatic rings. The summed E-state index contributed by atoms with van der Waals surface area (Å²) in [6.07, 6.45) is 2.56. The molecular weight excluding hydrogens is 318 g/mol. The van der Waals surface area contributed by atoms with Crippen LogP contribution < -0.4 is 11.3 Å². The minimum atomic E-state index is 0.0152. The molecule has 108 valence electrons. The normalized spacial score (nSPS) is 12.7. The Morgan fingerprint density at radius 1 is 1.40 bits per heavy atom. The SMILES string of the molecule is CCn1nc(C)c(Br)c1CC(NN)c1cccnc1C. The van der Waals surface area contributed by atoms with Gasteiger partial charge >= 0.3 is 0 Å². The maximum Gasteiger partial charge on any atom is 0.0738 e. The maximum atomic E-state index is 5.75. The molecule has 0 bridgehead atoms. The highest BCUT2D eigenvalue weighted by atomic mass is 79.9. The third-order valence-corrected chi connectivity index (χ3v) is 4.51. The summed E-state index contributed by atoms with van der Waals surface area (Å²) in [5.74, 6) is 5.75. The third-order valence-electron chi connectivity index (χ3n) is 3.47. The molecule has 20 heavy (non-hydrogen) atoms. The van der Waals surface area contributed by atoms with Gasteiger partial charge in [0.05, 0.1) is 21.9 Å². The maximum absolute atomic E-state index is 5.75. The summed E-state index contributed by atoms with van der Waals surface area (Å²) in [6.45, 7) is 6.92. The van der Waals surface area contributed by atoms with E-state index in [9.17, 15) is 0 Å². The van der Waals surface area contributed by atoms with Crippen LogP contribution in [0.15, 0.2) is 22.8 Å². The largest absolute Gasteiger partial charge is 0.271 e. The fourth-order valence-electron chi connectivity index (χ4n) is 2.38. The number of aryl methyl sites for hydroxylation is 3. The second kappa shape index (κ2) is 6.47. The van der Waals surface area contributed by atoms with Crippen LogP contribution in [0.1, 0.15) is 35.6 Å². The predicted molar refractivity (Wildman–Crippen MR) is 83.1 cm³/mol. The van der Waals surface area contributed by atoms with E-state index >= 15 is 0 Å². The lowest BCUT2D eigenvalue weighted by Crippen LogP contribution is -2.31. The van der Waals surface area contributed by atoms with Crippen LogP contribution >= 0.6 is 15.9 Å². The Balaban J connectivity index is 2.34. The van der Waals surface area contributed by atoms with Crippen molar-refractivity contribution < 1.29 is 0 Å². The molecule has 1 atom stereocenters. The van der Waals surface area contributed by atoms with Crippen LogP contribution in [-0.4, -0.2) is 14.8 Å². The van der Waals surface area contributed by atoms with Crippen molar-refractivity contribution in [3.05, 3.63) is 45.4 Å². The van der Waals surface area contributed by atoms with Crippen LogP contribution in [0.4, 0.5) is 0 Å². The second-order valence-corrected chi connectivity index (χ2v) is 5.56. The van der Waals surface area contributed by atoms with Crippen LogP contribution in [-0.2, 0) is 13.0 Å². The van der Waals surface area contributed by atoms with Crippen molar-refractivity contribution in [2.45, 2.75) is 39.8 Å². The molecule has 2 heterocycles. The quantitative estimate of drug-likeness (QED) is 0.649. The molecule has 0 aliphatic heterocycles.